The highest BCUT2D eigenvalue weighted by atomic mass is 35.5. The van der Waals surface area contributed by atoms with Gasteiger partial charge in [0, 0.05) is 33.7 Å². The monoisotopic (exact) mass is 461 g/mol. The lowest BCUT2D eigenvalue weighted by Gasteiger charge is -2.23. The fraction of sp³-hybridized carbons (Fsp3) is 0.154. The van der Waals surface area contributed by atoms with Gasteiger partial charge in [0.25, 0.3) is 5.56 Å². The standard InChI is InChI=1S/C26H24ClN3O3/c1-17-6-8-18(9-7-17)15-30(26(32)28-22-5-3-4-21(27)14-22)16-20-12-19-13-23(33-2)10-11-24(19)29-25(20)31/h3-14H,15-16H2,1-2H3,(H,28,32)(H,29,31). The summed E-state index contributed by atoms with van der Waals surface area (Å²) in [6, 6.07) is 21.8. The lowest BCUT2D eigenvalue weighted by atomic mass is 10.1. The summed E-state index contributed by atoms with van der Waals surface area (Å²) in [7, 11) is 1.59. The number of urea groups is 1. The number of carbonyl (C=O) groups excluding carboxylic acids is 1. The van der Waals surface area contributed by atoms with Crippen LogP contribution in [0.3, 0.4) is 0 Å². The first-order valence-corrected chi connectivity index (χ1v) is 10.9. The Kier molecular flexibility index (Phi) is 6.66. The molecule has 0 aliphatic rings. The number of ether oxygens (including phenoxy) is 1. The number of hydrogen-bond acceptors (Lipinski definition) is 3. The van der Waals surface area contributed by atoms with Gasteiger partial charge < -0.3 is 19.9 Å². The first-order valence-electron chi connectivity index (χ1n) is 10.5. The number of benzene rings is 3. The highest BCUT2D eigenvalue weighted by Gasteiger charge is 2.17. The Morgan fingerprint density at radius 1 is 1.03 bits per heavy atom. The van der Waals surface area contributed by atoms with Crippen LogP contribution in [0.25, 0.3) is 10.9 Å². The maximum absolute atomic E-state index is 13.2. The summed E-state index contributed by atoms with van der Waals surface area (Å²) in [4.78, 5) is 30.5. The molecule has 7 heteroatoms. The number of pyridine rings is 1. The van der Waals surface area contributed by atoms with Gasteiger partial charge in [-0.3, -0.25) is 4.79 Å². The van der Waals surface area contributed by atoms with Crippen molar-refractivity contribution < 1.29 is 9.53 Å². The van der Waals surface area contributed by atoms with Crippen LogP contribution in [0.5, 0.6) is 5.75 Å². The van der Waals surface area contributed by atoms with E-state index < -0.39 is 0 Å². The van der Waals surface area contributed by atoms with Gasteiger partial charge >= 0.3 is 6.03 Å². The van der Waals surface area contributed by atoms with Gasteiger partial charge in [-0.15, -0.1) is 0 Å². The minimum atomic E-state index is -0.331. The van der Waals surface area contributed by atoms with E-state index >= 15 is 0 Å². The molecule has 1 aromatic heterocycles. The van der Waals surface area contributed by atoms with Crippen LogP contribution in [0.4, 0.5) is 10.5 Å². The quantitative estimate of drug-likeness (QED) is 0.385. The Balaban J connectivity index is 1.66. The number of carbonyl (C=O) groups is 1. The number of anilines is 1. The summed E-state index contributed by atoms with van der Waals surface area (Å²) in [6.07, 6.45) is 0. The molecular formula is C26H24ClN3O3. The fourth-order valence-electron chi connectivity index (χ4n) is 3.56. The molecule has 0 radical (unpaired) electrons. The number of halogens is 1. The molecule has 6 nitrogen and oxygen atoms in total. The molecule has 4 aromatic rings. The summed E-state index contributed by atoms with van der Waals surface area (Å²) < 4.78 is 5.30. The number of rotatable bonds is 6. The smallest absolute Gasteiger partial charge is 0.322 e. The lowest BCUT2D eigenvalue weighted by molar-refractivity contribution is 0.206. The van der Waals surface area contributed by atoms with Crippen molar-refractivity contribution in [3.63, 3.8) is 0 Å². The van der Waals surface area contributed by atoms with E-state index in [1.165, 1.54) is 0 Å². The predicted molar refractivity (Wildman–Crippen MR) is 132 cm³/mol. The number of methoxy groups -OCH3 is 1. The molecule has 2 N–H and O–H groups in total. The van der Waals surface area contributed by atoms with Gasteiger partial charge in [-0.1, -0.05) is 47.5 Å². The van der Waals surface area contributed by atoms with Crippen molar-refractivity contribution in [2.75, 3.05) is 12.4 Å². The van der Waals surface area contributed by atoms with Crippen molar-refractivity contribution in [1.29, 1.82) is 0 Å². The van der Waals surface area contributed by atoms with Crippen LogP contribution in [-0.2, 0) is 13.1 Å². The van der Waals surface area contributed by atoms with Crippen LogP contribution < -0.4 is 15.6 Å². The van der Waals surface area contributed by atoms with Crippen LogP contribution in [0, 0.1) is 6.92 Å². The molecule has 0 bridgehead atoms. The molecule has 0 atom stereocenters. The predicted octanol–water partition coefficient (Wildman–Crippen LogP) is 5.73. The highest BCUT2D eigenvalue weighted by Crippen LogP contribution is 2.21. The van der Waals surface area contributed by atoms with E-state index in [4.69, 9.17) is 16.3 Å². The zero-order valence-electron chi connectivity index (χ0n) is 18.4. The maximum atomic E-state index is 13.2. The summed E-state index contributed by atoms with van der Waals surface area (Å²) in [5.74, 6) is 0.690. The molecule has 2 amide bonds. The topological polar surface area (TPSA) is 74.4 Å². The molecule has 33 heavy (non-hydrogen) atoms. The molecule has 0 aliphatic carbocycles. The van der Waals surface area contributed by atoms with Crippen molar-refractivity contribution in [2.24, 2.45) is 0 Å². The van der Waals surface area contributed by atoms with E-state index in [0.29, 0.717) is 34.1 Å². The zero-order chi connectivity index (χ0) is 23.4. The first kappa shape index (κ1) is 22.4. The van der Waals surface area contributed by atoms with Crippen LogP contribution in [0.1, 0.15) is 16.7 Å². The molecule has 0 unspecified atom stereocenters. The van der Waals surface area contributed by atoms with Crippen LogP contribution in [-0.4, -0.2) is 23.0 Å². The number of nitrogens with zero attached hydrogens (tertiary/aromatic N) is 1. The van der Waals surface area contributed by atoms with Gasteiger partial charge in [0.15, 0.2) is 0 Å². The lowest BCUT2D eigenvalue weighted by Crippen LogP contribution is -2.35. The minimum absolute atomic E-state index is 0.128. The number of hydrogen-bond donors (Lipinski definition) is 2. The largest absolute Gasteiger partial charge is 0.497 e. The number of amides is 2. The van der Waals surface area contributed by atoms with E-state index in [1.807, 2.05) is 37.3 Å². The molecule has 168 valence electrons. The third-order valence-electron chi connectivity index (χ3n) is 5.35. The molecule has 1 heterocycles. The second kappa shape index (κ2) is 9.79. The summed E-state index contributed by atoms with van der Waals surface area (Å²) in [5, 5.41) is 4.23. The zero-order valence-corrected chi connectivity index (χ0v) is 19.1. The van der Waals surface area contributed by atoms with E-state index in [9.17, 15) is 9.59 Å². The molecular weight excluding hydrogens is 438 g/mol. The van der Waals surface area contributed by atoms with Crippen LogP contribution in [0.15, 0.2) is 77.6 Å². The third kappa shape index (κ3) is 5.54. The number of nitrogens with one attached hydrogen (secondary N) is 2. The van der Waals surface area contributed by atoms with Gasteiger partial charge in [0.2, 0.25) is 0 Å². The van der Waals surface area contributed by atoms with E-state index in [-0.39, 0.29) is 18.1 Å². The number of aromatic amines is 1. The number of aryl methyl sites for hydroxylation is 1. The average Bonchev–Trinajstić information content (AvgIpc) is 2.80. The second-order valence-electron chi connectivity index (χ2n) is 7.86. The Morgan fingerprint density at radius 2 is 1.82 bits per heavy atom. The van der Waals surface area contributed by atoms with Gasteiger partial charge in [-0.2, -0.15) is 0 Å². The molecule has 0 saturated heterocycles. The van der Waals surface area contributed by atoms with Gasteiger partial charge in [-0.05, 0) is 55.0 Å². The van der Waals surface area contributed by atoms with Gasteiger partial charge in [-0.25, -0.2) is 4.79 Å². The number of H-pyrrole nitrogens is 1. The molecule has 4 rings (SSSR count). The molecule has 0 aliphatic heterocycles. The molecule has 3 aromatic carbocycles. The average molecular weight is 462 g/mol. The van der Waals surface area contributed by atoms with Crippen molar-refractivity contribution in [2.45, 2.75) is 20.0 Å². The Hall–Kier alpha value is -3.77. The Labute approximate surface area is 196 Å². The van der Waals surface area contributed by atoms with Crippen molar-refractivity contribution in [3.05, 3.63) is 105 Å². The minimum Gasteiger partial charge on any atom is -0.497 e. The summed E-state index contributed by atoms with van der Waals surface area (Å²) >= 11 is 6.06. The highest BCUT2D eigenvalue weighted by molar-refractivity contribution is 6.30. The number of fused-ring (bicyclic) bond motifs is 1. The van der Waals surface area contributed by atoms with E-state index in [1.54, 1.807) is 54.5 Å². The van der Waals surface area contributed by atoms with Crippen LogP contribution >= 0.6 is 11.6 Å². The third-order valence-corrected chi connectivity index (χ3v) is 5.58. The van der Waals surface area contributed by atoms with E-state index in [0.717, 1.165) is 16.5 Å². The molecule has 0 saturated carbocycles. The summed E-state index contributed by atoms with van der Waals surface area (Å²) in [5.41, 5.74) is 3.62. The maximum Gasteiger partial charge on any atom is 0.322 e. The second-order valence-corrected chi connectivity index (χ2v) is 8.30. The Morgan fingerprint density at radius 3 is 2.55 bits per heavy atom. The Bertz CT molecular complexity index is 1350. The number of aromatic nitrogens is 1. The SMILES string of the molecule is COc1ccc2[nH]c(=O)c(CN(Cc3ccc(C)cc3)C(=O)Nc3cccc(Cl)c3)cc2c1. The van der Waals surface area contributed by atoms with Crippen LogP contribution in [0.2, 0.25) is 5.02 Å². The van der Waals surface area contributed by atoms with E-state index in [2.05, 4.69) is 10.3 Å². The normalized spacial score (nSPS) is 10.8. The fourth-order valence-corrected chi connectivity index (χ4v) is 3.75. The molecule has 0 spiro atoms. The van der Waals surface area contributed by atoms with Gasteiger partial charge in [0.05, 0.1) is 13.7 Å². The summed E-state index contributed by atoms with van der Waals surface area (Å²) in [6.45, 7) is 2.47. The van der Waals surface area contributed by atoms with Gasteiger partial charge in [0.1, 0.15) is 5.75 Å². The van der Waals surface area contributed by atoms with Crippen molar-refractivity contribution >= 4 is 34.2 Å². The van der Waals surface area contributed by atoms with Crippen molar-refractivity contribution in [1.82, 2.24) is 9.88 Å². The molecule has 0 fully saturated rings. The van der Waals surface area contributed by atoms with Crippen molar-refractivity contribution in [3.8, 4) is 5.75 Å². The first-order chi connectivity index (χ1) is 15.9.